The van der Waals surface area contributed by atoms with Crippen LogP contribution >= 0.6 is 0 Å². The Kier molecular flexibility index (Phi) is 3.56. The van der Waals surface area contributed by atoms with Crippen molar-refractivity contribution in [3.63, 3.8) is 0 Å². The molecule has 2 rings (SSSR count). The predicted molar refractivity (Wildman–Crippen MR) is 58.8 cm³/mol. The summed E-state index contributed by atoms with van der Waals surface area (Å²) in [4.78, 5) is 4.35. The van der Waals surface area contributed by atoms with Crippen molar-refractivity contribution in [1.29, 1.82) is 0 Å². The fourth-order valence-electron chi connectivity index (χ4n) is 1.83. The summed E-state index contributed by atoms with van der Waals surface area (Å²) < 4.78 is 5.19. The Morgan fingerprint density at radius 3 is 3.00 bits per heavy atom. The molecule has 0 unspecified atom stereocenters. The molecule has 5 heteroatoms. The minimum absolute atomic E-state index is 0.0234. The second-order valence-electron chi connectivity index (χ2n) is 4.83. The van der Waals surface area contributed by atoms with Crippen molar-refractivity contribution in [3.8, 4) is 0 Å². The second kappa shape index (κ2) is 4.93. The smallest absolute Gasteiger partial charge is 0.243 e. The standard InChI is InChI=1S/C11H19N3O2/c1-7(2)3-4-10-13-11(16-14-10)9-5-8(15)6-12-9/h7-9,12,15H,3-6H2,1-2H3/t8-,9+/m0/s1. The summed E-state index contributed by atoms with van der Waals surface area (Å²) >= 11 is 0. The van der Waals surface area contributed by atoms with Gasteiger partial charge in [0.2, 0.25) is 5.89 Å². The molecule has 1 aromatic heterocycles. The number of aryl methyl sites for hydroxylation is 1. The molecular weight excluding hydrogens is 206 g/mol. The fourth-order valence-corrected chi connectivity index (χ4v) is 1.83. The number of aliphatic hydroxyl groups is 1. The van der Waals surface area contributed by atoms with E-state index in [9.17, 15) is 5.11 Å². The van der Waals surface area contributed by atoms with Gasteiger partial charge in [-0.2, -0.15) is 4.98 Å². The average molecular weight is 225 g/mol. The Hall–Kier alpha value is -0.940. The highest BCUT2D eigenvalue weighted by Gasteiger charge is 2.27. The zero-order valence-electron chi connectivity index (χ0n) is 9.81. The number of rotatable bonds is 4. The molecule has 0 amide bonds. The van der Waals surface area contributed by atoms with Crippen LogP contribution in [0.1, 0.15) is 44.4 Å². The second-order valence-corrected chi connectivity index (χ2v) is 4.83. The van der Waals surface area contributed by atoms with Gasteiger partial charge in [0, 0.05) is 13.0 Å². The molecule has 2 atom stereocenters. The lowest BCUT2D eigenvalue weighted by molar-refractivity contribution is 0.191. The Morgan fingerprint density at radius 1 is 1.56 bits per heavy atom. The molecule has 1 saturated heterocycles. The van der Waals surface area contributed by atoms with Crippen molar-refractivity contribution in [3.05, 3.63) is 11.7 Å². The highest BCUT2D eigenvalue weighted by molar-refractivity contribution is 4.97. The molecule has 0 spiro atoms. The predicted octanol–water partition coefficient (Wildman–Crippen LogP) is 1.05. The topological polar surface area (TPSA) is 71.2 Å². The van der Waals surface area contributed by atoms with Gasteiger partial charge in [0.05, 0.1) is 12.1 Å². The van der Waals surface area contributed by atoms with E-state index in [1.165, 1.54) is 0 Å². The zero-order chi connectivity index (χ0) is 11.5. The van der Waals surface area contributed by atoms with Crippen LogP contribution in [0, 0.1) is 5.92 Å². The monoisotopic (exact) mass is 225 g/mol. The summed E-state index contributed by atoms with van der Waals surface area (Å²) in [5, 5.41) is 16.5. The molecule has 1 fully saturated rings. The minimum Gasteiger partial charge on any atom is -0.392 e. The number of β-amino-alcohol motifs (C(OH)–C–C–N with tert-alkyl or cyclic N) is 1. The summed E-state index contributed by atoms with van der Waals surface area (Å²) in [6, 6.07) is 0.0234. The van der Waals surface area contributed by atoms with Crippen LogP contribution in [0.15, 0.2) is 4.52 Å². The Labute approximate surface area is 95.2 Å². The lowest BCUT2D eigenvalue weighted by atomic mass is 10.1. The molecule has 16 heavy (non-hydrogen) atoms. The molecule has 1 aliphatic heterocycles. The van der Waals surface area contributed by atoms with Gasteiger partial charge in [-0.05, 0) is 18.8 Å². The third kappa shape index (κ3) is 2.80. The Morgan fingerprint density at radius 2 is 2.38 bits per heavy atom. The van der Waals surface area contributed by atoms with Crippen molar-refractivity contribution in [1.82, 2.24) is 15.5 Å². The molecular formula is C11H19N3O2. The van der Waals surface area contributed by atoms with Crippen LogP contribution in [0.3, 0.4) is 0 Å². The van der Waals surface area contributed by atoms with E-state index >= 15 is 0 Å². The van der Waals surface area contributed by atoms with Crippen LogP contribution in [-0.4, -0.2) is 27.9 Å². The van der Waals surface area contributed by atoms with Crippen molar-refractivity contribution in [2.24, 2.45) is 5.92 Å². The molecule has 0 aromatic carbocycles. The molecule has 0 saturated carbocycles. The van der Waals surface area contributed by atoms with E-state index in [-0.39, 0.29) is 12.1 Å². The van der Waals surface area contributed by atoms with Crippen molar-refractivity contribution >= 4 is 0 Å². The molecule has 2 heterocycles. The largest absolute Gasteiger partial charge is 0.392 e. The third-order valence-electron chi connectivity index (χ3n) is 2.83. The van der Waals surface area contributed by atoms with Crippen LogP contribution in [0.5, 0.6) is 0 Å². The number of aliphatic hydroxyl groups excluding tert-OH is 1. The van der Waals surface area contributed by atoms with Gasteiger partial charge in [-0.1, -0.05) is 19.0 Å². The first-order chi connectivity index (χ1) is 7.65. The van der Waals surface area contributed by atoms with Gasteiger partial charge in [-0.25, -0.2) is 0 Å². The SMILES string of the molecule is CC(C)CCc1noc([C@H]2C[C@H](O)CN2)n1. The number of nitrogens with one attached hydrogen (secondary N) is 1. The molecule has 5 nitrogen and oxygen atoms in total. The van der Waals surface area contributed by atoms with Crippen LogP contribution < -0.4 is 5.32 Å². The first-order valence-corrected chi connectivity index (χ1v) is 5.89. The summed E-state index contributed by atoms with van der Waals surface area (Å²) in [7, 11) is 0. The fraction of sp³-hybridized carbons (Fsp3) is 0.818. The quantitative estimate of drug-likeness (QED) is 0.801. The Bertz CT molecular complexity index is 338. The number of aromatic nitrogens is 2. The van der Waals surface area contributed by atoms with E-state index in [0.717, 1.165) is 18.7 Å². The van der Waals surface area contributed by atoms with E-state index in [4.69, 9.17) is 4.52 Å². The summed E-state index contributed by atoms with van der Waals surface area (Å²) in [5.41, 5.74) is 0. The zero-order valence-corrected chi connectivity index (χ0v) is 9.81. The summed E-state index contributed by atoms with van der Waals surface area (Å²) in [5.74, 6) is 2.02. The van der Waals surface area contributed by atoms with Crippen LogP contribution in [-0.2, 0) is 6.42 Å². The highest BCUT2D eigenvalue weighted by Crippen LogP contribution is 2.22. The van der Waals surface area contributed by atoms with Crippen LogP contribution in [0.25, 0.3) is 0 Å². The summed E-state index contributed by atoms with van der Waals surface area (Å²) in [6.07, 6.45) is 2.29. The lowest BCUT2D eigenvalue weighted by Crippen LogP contribution is -2.15. The highest BCUT2D eigenvalue weighted by atomic mass is 16.5. The van der Waals surface area contributed by atoms with Gasteiger partial charge in [0.1, 0.15) is 0 Å². The van der Waals surface area contributed by atoms with Gasteiger partial charge >= 0.3 is 0 Å². The summed E-state index contributed by atoms with van der Waals surface area (Å²) in [6.45, 7) is 4.96. The van der Waals surface area contributed by atoms with Crippen molar-refractivity contribution in [2.75, 3.05) is 6.54 Å². The van der Waals surface area contributed by atoms with Gasteiger partial charge in [-0.3, -0.25) is 0 Å². The van der Waals surface area contributed by atoms with E-state index in [0.29, 0.717) is 24.8 Å². The maximum Gasteiger partial charge on any atom is 0.243 e. The van der Waals surface area contributed by atoms with E-state index < -0.39 is 0 Å². The van der Waals surface area contributed by atoms with Gasteiger partial charge < -0.3 is 14.9 Å². The Balaban J connectivity index is 1.91. The third-order valence-corrected chi connectivity index (χ3v) is 2.83. The molecule has 0 radical (unpaired) electrons. The number of hydrogen-bond acceptors (Lipinski definition) is 5. The van der Waals surface area contributed by atoms with Gasteiger partial charge in [0.25, 0.3) is 0 Å². The van der Waals surface area contributed by atoms with E-state index in [1.807, 2.05) is 0 Å². The van der Waals surface area contributed by atoms with Gasteiger partial charge in [0.15, 0.2) is 5.82 Å². The number of nitrogens with zero attached hydrogens (tertiary/aromatic N) is 2. The molecule has 1 aliphatic rings. The van der Waals surface area contributed by atoms with E-state index in [1.54, 1.807) is 0 Å². The molecule has 0 aliphatic carbocycles. The van der Waals surface area contributed by atoms with Crippen LogP contribution in [0.4, 0.5) is 0 Å². The van der Waals surface area contributed by atoms with Crippen molar-refractivity contribution in [2.45, 2.75) is 45.3 Å². The van der Waals surface area contributed by atoms with Crippen molar-refractivity contribution < 1.29 is 9.63 Å². The maximum absolute atomic E-state index is 9.39. The molecule has 0 bridgehead atoms. The normalized spacial score (nSPS) is 25.5. The maximum atomic E-state index is 9.39. The average Bonchev–Trinajstić information content (AvgIpc) is 2.83. The first kappa shape index (κ1) is 11.5. The molecule has 2 N–H and O–H groups in total. The lowest BCUT2D eigenvalue weighted by Gasteiger charge is -2.01. The molecule has 1 aromatic rings. The minimum atomic E-state index is -0.295. The van der Waals surface area contributed by atoms with Gasteiger partial charge in [-0.15, -0.1) is 0 Å². The van der Waals surface area contributed by atoms with Crippen LogP contribution in [0.2, 0.25) is 0 Å². The molecule has 90 valence electrons. The first-order valence-electron chi connectivity index (χ1n) is 5.89. The number of hydrogen-bond donors (Lipinski definition) is 2. The van der Waals surface area contributed by atoms with E-state index in [2.05, 4.69) is 29.3 Å².